The Morgan fingerprint density at radius 3 is 2.19 bits per heavy atom. The Hall–Kier alpha value is -0.883. The topological polar surface area (TPSA) is 101 Å². The Morgan fingerprint density at radius 1 is 1.31 bits per heavy atom. The van der Waals surface area contributed by atoms with Gasteiger partial charge in [0.2, 0.25) is 15.7 Å². The SMILES string of the molecule is CC[C@H](C[C@H](CC(C)[Si]O)C(=O)O)C(N)=O. The molecule has 0 aliphatic rings. The van der Waals surface area contributed by atoms with Gasteiger partial charge in [-0.05, 0) is 24.8 Å². The summed E-state index contributed by atoms with van der Waals surface area (Å²) < 4.78 is 0. The van der Waals surface area contributed by atoms with E-state index in [2.05, 4.69) is 0 Å². The van der Waals surface area contributed by atoms with Crippen LogP contribution in [0.2, 0.25) is 5.54 Å². The maximum atomic E-state index is 11.0. The maximum absolute atomic E-state index is 11.0. The second-order valence-electron chi connectivity index (χ2n) is 4.04. The summed E-state index contributed by atoms with van der Waals surface area (Å²) in [6.07, 6.45) is 1.19. The van der Waals surface area contributed by atoms with Crippen LogP contribution in [-0.4, -0.2) is 31.5 Å². The summed E-state index contributed by atoms with van der Waals surface area (Å²) in [4.78, 5) is 30.9. The maximum Gasteiger partial charge on any atom is 0.306 e. The first-order valence-electron chi connectivity index (χ1n) is 5.34. The van der Waals surface area contributed by atoms with Crippen molar-refractivity contribution < 1.29 is 19.5 Å². The van der Waals surface area contributed by atoms with E-state index >= 15 is 0 Å². The second-order valence-corrected chi connectivity index (χ2v) is 5.29. The normalized spacial score (nSPS) is 16.4. The lowest BCUT2D eigenvalue weighted by Crippen LogP contribution is -2.28. The van der Waals surface area contributed by atoms with E-state index in [0.29, 0.717) is 12.8 Å². The minimum Gasteiger partial charge on any atom is -0.481 e. The lowest BCUT2D eigenvalue weighted by atomic mass is 9.89. The molecule has 0 spiro atoms. The standard InChI is InChI=1S/C10H19NO4Si/c1-3-7(9(11)12)5-8(10(13)14)4-6(2)16-15/h6-8,15H,3-5H2,1-2H3,(H2,11,12)(H,13,14)/t6?,7-,8+/m1/s1. The van der Waals surface area contributed by atoms with Gasteiger partial charge >= 0.3 is 5.97 Å². The second kappa shape index (κ2) is 7.40. The van der Waals surface area contributed by atoms with E-state index in [0.717, 1.165) is 0 Å². The highest BCUT2D eigenvalue weighted by atomic mass is 28.2. The first-order valence-corrected chi connectivity index (χ1v) is 6.36. The van der Waals surface area contributed by atoms with Crippen LogP contribution in [0.3, 0.4) is 0 Å². The van der Waals surface area contributed by atoms with Gasteiger partial charge in [0.05, 0.1) is 5.92 Å². The zero-order valence-electron chi connectivity index (χ0n) is 9.64. The van der Waals surface area contributed by atoms with Gasteiger partial charge in [-0.3, -0.25) is 9.59 Å². The quantitative estimate of drug-likeness (QED) is 0.539. The van der Waals surface area contributed by atoms with Gasteiger partial charge in [0.25, 0.3) is 0 Å². The van der Waals surface area contributed by atoms with Gasteiger partial charge in [0.15, 0.2) is 0 Å². The lowest BCUT2D eigenvalue weighted by molar-refractivity contribution is -0.142. The van der Waals surface area contributed by atoms with Crippen LogP contribution >= 0.6 is 0 Å². The monoisotopic (exact) mass is 245 g/mol. The Balaban J connectivity index is 4.43. The summed E-state index contributed by atoms with van der Waals surface area (Å²) in [6, 6.07) is 0. The molecular weight excluding hydrogens is 226 g/mol. The molecule has 1 amide bonds. The van der Waals surface area contributed by atoms with E-state index in [4.69, 9.17) is 15.6 Å². The van der Waals surface area contributed by atoms with Gasteiger partial charge in [-0.25, -0.2) is 0 Å². The van der Waals surface area contributed by atoms with Crippen molar-refractivity contribution >= 4 is 21.6 Å². The fourth-order valence-electron chi connectivity index (χ4n) is 1.60. The fourth-order valence-corrected chi connectivity index (χ4v) is 1.99. The Morgan fingerprint density at radius 2 is 1.88 bits per heavy atom. The van der Waals surface area contributed by atoms with E-state index < -0.39 is 23.7 Å². The molecule has 4 N–H and O–H groups in total. The summed E-state index contributed by atoms with van der Waals surface area (Å²) in [7, 11) is -0.271. The number of carbonyl (C=O) groups is 2. The molecule has 0 saturated heterocycles. The predicted octanol–water partition coefficient (Wildman–Crippen LogP) is 0.399. The van der Waals surface area contributed by atoms with Crippen LogP contribution in [0.5, 0.6) is 0 Å². The molecule has 3 atom stereocenters. The molecule has 0 aromatic rings. The van der Waals surface area contributed by atoms with E-state index in [1.807, 2.05) is 6.92 Å². The van der Waals surface area contributed by atoms with Crippen molar-refractivity contribution in [2.24, 2.45) is 17.6 Å². The third-order valence-corrected chi connectivity index (χ3v) is 3.35. The molecule has 0 aliphatic heterocycles. The molecule has 16 heavy (non-hydrogen) atoms. The molecule has 0 heterocycles. The number of carboxylic acids is 1. The molecule has 0 aromatic heterocycles. The Bertz CT molecular complexity index is 247. The molecule has 6 heteroatoms. The minimum atomic E-state index is -0.926. The summed E-state index contributed by atoms with van der Waals surface area (Å²) in [5, 5.41) is 9.01. The van der Waals surface area contributed by atoms with Gasteiger partial charge in [0, 0.05) is 5.92 Å². The third-order valence-electron chi connectivity index (χ3n) is 2.67. The summed E-state index contributed by atoms with van der Waals surface area (Å²) in [5.41, 5.74) is 5.13. The van der Waals surface area contributed by atoms with Crippen molar-refractivity contribution in [1.82, 2.24) is 0 Å². The molecule has 5 nitrogen and oxygen atoms in total. The number of aliphatic carboxylic acids is 1. The molecule has 92 valence electrons. The van der Waals surface area contributed by atoms with Gasteiger partial charge in [-0.1, -0.05) is 13.8 Å². The highest BCUT2D eigenvalue weighted by Crippen LogP contribution is 2.24. The van der Waals surface area contributed by atoms with E-state index in [1.54, 1.807) is 6.92 Å². The van der Waals surface area contributed by atoms with Crippen molar-refractivity contribution in [2.45, 2.75) is 38.7 Å². The third kappa shape index (κ3) is 5.27. The van der Waals surface area contributed by atoms with Crippen LogP contribution in [0.15, 0.2) is 0 Å². The average Bonchev–Trinajstić information content (AvgIpc) is 2.22. The van der Waals surface area contributed by atoms with Crippen molar-refractivity contribution in [2.75, 3.05) is 0 Å². The molecule has 0 aliphatic carbocycles. The molecule has 0 saturated carbocycles. The minimum absolute atomic E-state index is 0.0496. The molecule has 0 aromatic carbocycles. The van der Waals surface area contributed by atoms with Crippen molar-refractivity contribution in [1.29, 1.82) is 0 Å². The molecule has 0 bridgehead atoms. The first-order chi connectivity index (χ1) is 7.42. The number of hydrogen-bond donors (Lipinski definition) is 3. The van der Waals surface area contributed by atoms with Crippen LogP contribution in [0, 0.1) is 11.8 Å². The summed E-state index contributed by atoms with van der Waals surface area (Å²) in [5.74, 6) is -2.37. The van der Waals surface area contributed by atoms with Gasteiger partial charge in [-0.2, -0.15) is 0 Å². The van der Waals surface area contributed by atoms with Crippen LogP contribution in [0.25, 0.3) is 0 Å². The summed E-state index contributed by atoms with van der Waals surface area (Å²) >= 11 is 0. The number of carbonyl (C=O) groups excluding carboxylic acids is 1. The zero-order chi connectivity index (χ0) is 12.7. The van der Waals surface area contributed by atoms with E-state index in [9.17, 15) is 9.59 Å². The van der Waals surface area contributed by atoms with Crippen molar-refractivity contribution in [3.05, 3.63) is 0 Å². The van der Waals surface area contributed by atoms with Crippen LogP contribution in [0.1, 0.15) is 33.1 Å². The molecule has 0 fully saturated rings. The largest absolute Gasteiger partial charge is 0.481 e. The Labute approximate surface area is 98.0 Å². The average molecular weight is 245 g/mol. The highest BCUT2D eigenvalue weighted by Gasteiger charge is 2.26. The number of hydrogen-bond acceptors (Lipinski definition) is 3. The predicted molar refractivity (Wildman–Crippen MR) is 60.7 cm³/mol. The zero-order valence-corrected chi connectivity index (χ0v) is 10.6. The first kappa shape index (κ1) is 15.1. The number of rotatable bonds is 8. The van der Waals surface area contributed by atoms with Crippen LogP contribution in [0.4, 0.5) is 0 Å². The number of amides is 1. The molecule has 0 rings (SSSR count). The van der Waals surface area contributed by atoms with Gasteiger partial charge in [-0.15, -0.1) is 0 Å². The van der Waals surface area contributed by atoms with Crippen molar-refractivity contribution in [3.8, 4) is 0 Å². The molecular formula is C10H19NO4Si. The van der Waals surface area contributed by atoms with Crippen molar-refractivity contribution in [3.63, 3.8) is 0 Å². The van der Waals surface area contributed by atoms with Crippen LogP contribution in [-0.2, 0) is 9.59 Å². The number of carboxylic acid groups (broad SMARTS) is 1. The van der Waals surface area contributed by atoms with Gasteiger partial charge < -0.3 is 15.6 Å². The molecule has 2 radical (unpaired) electrons. The molecule has 1 unspecified atom stereocenters. The summed E-state index contributed by atoms with van der Waals surface area (Å²) in [6.45, 7) is 3.60. The Kier molecular flexibility index (Phi) is 6.99. The van der Waals surface area contributed by atoms with Crippen LogP contribution < -0.4 is 5.73 Å². The highest BCUT2D eigenvalue weighted by molar-refractivity contribution is 6.27. The van der Waals surface area contributed by atoms with E-state index in [1.165, 1.54) is 0 Å². The lowest BCUT2D eigenvalue weighted by Gasteiger charge is -2.19. The number of nitrogens with two attached hydrogens (primary N) is 1. The smallest absolute Gasteiger partial charge is 0.306 e. The fraction of sp³-hybridized carbons (Fsp3) is 0.800. The van der Waals surface area contributed by atoms with Gasteiger partial charge in [0.1, 0.15) is 0 Å². The number of primary amides is 1. The van der Waals surface area contributed by atoms with E-state index in [-0.39, 0.29) is 21.7 Å².